The van der Waals surface area contributed by atoms with Crippen LogP contribution in [-0.4, -0.2) is 26.1 Å². The molecule has 0 radical (unpaired) electrons. The molecule has 0 aliphatic heterocycles. The van der Waals surface area contributed by atoms with Crippen LogP contribution in [0.2, 0.25) is 5.02 Å². The van der Waals surface area contributed by atoms with Gasteiger partial charge in [-0.1, -0.05) is 54.8 Å². The summed E-state index contributed by atoms with van der Waals surface area (Å²) in [4.78, 5) is 14.1. The highest BCUT2D eigenvalue weighted by Gasteiger charge is 2.17. The summed E-state index contributed by atoms with van der Waals surface area (Å²) in [5, 5.41) is 0.653. The van der Waals surface area contributed by atoms with E-state index in [1.807, 2.05) is 30.3 Å². The topological polar surface area (TPSA) is 69.6 Å². The summed E-state index contributed by atoms with van der Waals surface area (Å²) in [5.41, 5.74) is 8.69. The smallest absolute Gasteiger partial charge is 0.164 e. The first-order chi connectivity index (χ1) is 15.7. The number of nitrogens with two attached hydrogens (primary N) is 1. The van der Waals surface area contributed by atoms with Crippen molar-refractivity contribution < 1.29 is 4.39 Å². The van der Waals surface area contributed by atoms with Crippen molar-refractivity contribution in [3.05, 3.63) is 77.0 Å². The minimum Gasteiger partial charge on any atom is -0.330 e. The van der Waals surface area contributed by atoms with Gasteiger partial charge in [0.1, 0.15) is 23.0 Å². The van der Waals surface area contributed by atoms with Gasteiger partial charge in [0.25, 0.3) is 0 Å². The Morgan fingerprint density at radius 3 is 2.50 bits per heavy atom. The zero-order valence-corrected chi connectivity index (χ0v) is 18.7. The number of nitrogens with zero attached hydrogens (tertiary/aromatic N) is 4. The van der Waals surface area contributed by atoms with Gasteiger partial charge in [0.2, 0.25) is 0 Å². The molecule has 166 valence electrons. The lowest BCUT2D eigenvalue weighted by Crippen LogP contribution is -2.05. The average Bonchev–Trinajstić information content (AvgIpc) is 3.16. The summed E-state index contributed by atoms with van der Waals surface area (Å²) < 4.78 is 16.1. The Bertz CT molecular complexity index is 1190. The molecule has 0 spiro atoms. The Balaban J connectivity index is 1.64. The Morgan fingerprint density at radius 1 is 0.906 bits per heavy atom. The zero-order valence-electron chi connectivity index (χ0n) is 18.0. The van der Waals surface area contributed by atoms with Gasteiger partial charge in [-0.05, 0) is 49.6 Å². The lowest BCUT2D eigenvalue weighted by atomic mass is 10.1. The van der Waals surface area contributed by atoms with Crippen LogP contribution in [0.25, 0.3) is 22.6 Å². The molecule has 0 atom stereocenters. The van der Waals surface area contributed by atoms with Gasteiger partial charge in [-0.25, -0.2) is 19.3 Å². The molecule has 2 aromatic carbocycles. The largest absolute Gasteiger partial charge is 0.330 e. The van der Waals surface area contributed by atoms with E-state index in [9.17, 15) is 4.39 Å². The first-order valence-electron chi connectivity index (χ1n) is 11.1. The number of hydrogen-bond acceptors (Lipinski definition) is 4. The van der Waals surface area contributed by atoms with Gasteiger partial charge < -0.3 is 10.3 Å². The van der Waals surface area contributed by atoms with E-state index >= 15 is 0 Å². The monoisotopic (exact) mass is 451 g/mol. The molecular weight excluding hydrogens is 425 g/mol. The third-order valence-corrected chi connectivity index (χ3v) is 5.89. The summed E-state index contributed by atoms with van der Waals surface area (Å²) in [6, 6.07) is 14.5. The SMILES string of the molecule is NCCCCCCn1c(-c2ccccc2Cl)nc2cnc(CCc3ccccc3F)nc21. The van der Waals surface area contributed by atoms with E-state index in [2.05, 4.69) is 9.55 Å². The quantitative estimate of drug-likeness (QED) is 0.319. The third-order valence-electron chi connectivity index (χ3n) is 5.56. The summed E-state index contributed by atoms with van der Waals surface area (Å²) in [6.07, 6.45) is 7.08. The standard InChI is InChI=1S/C25H27ClFN5/c26-20-11-5-4-10-19(20)24-30-22-17-29-23(14-13-18-9-3-6-12-21(18)27)31-25(22)32(24)16-8-2-1-7-15-28/h3-6,9-12,17H,1-2,7-8,13-16,28H2. The van der Waals surface area contributed by atoms with Crippen LogP contribution in [0, 0.1) is 5.82 Å². The van der Waals surface area contributed by atoms with Crippen LogP contribution < -0.4 is 5.73 Å². The maximum absolute atomic E-state index is 14.0. The van der Waals surface area contributed by atoms with Crippen molar-refractivity contribution >= 4 is 22.8 Å². The van der Waals surface area contributed by atoms with Gasteiger partial charge in [0, 0.05) is 18.5 Å². The molecule has 4 rings (SSSR count). The molecule has 0 aliphatic carbocycles. The molecule has 0 fully saturated rings. The van der Waals surface area contributed by atoms with Gasteiger partial charge in [-0.15, -0.1) is 0 Å². The fraction of sp³-hybridized carbons (Fsp3) is 0.320. The molecule has 2 heterocycles. The molecule has 2 N–H and O–H groups in total. The first kappa shape index (κ1) is 22.4. The van der Waals surface area contributed by atoms with E-state index < -0.39 is 0 Å². The number of unbranched alkanes of at least 4 members (excludes halogenated alkanes) is 3. The molecule has 4 aromatic rings. The van der Waals surface area contributed by atoms with Crippen molar-refractivity contribution in [2.24, 2.45) is 5.73 Å². The summed E-state index contributed by atoms with van der Waals surface area (Å²) in [6.45, 7) is 1.50. The van der Waals surface area contributed by atoms with Crippen LogP contribution in [0.5, 0.6) is 0 Å². The number of aryl methyl sites for hydroxylation is 3. The summed E-state index contributed by atoms with van der Waals surface area (Å²) >= 11 is 6.49. The van der Waals surface area contributed by atoms with E-state index in [0.29, 0.717) is 29.3 Å². The normalized spacial score (nSPS) is 11.3. The molecule has 32 heavy (non-hydrogen) atoms. The molecule has 2 aromatic heterocycles. The number of imidazole rings is 1. The van der Waals surface area contributed by atoms with Gasteiger partial charge in [0.05, 0.1) is 11.2 Å². The number of halogens is 2. The van der Waals surface area contributed by atoms with E-state index in [4.69, 9.17) is 27.3 Å². The molecular formula is C25H27ClFN5. The second-order valence-corrected chi connectivity index (χ2v) is 8.26. The zero-order chi connectivity index (χ0) is 22.3. The molecule has 0 saturated heterocycles. The van der Waals surface area contributed by atoms with Crippen LogP contribution in [0.3, 0.4) is 0 Å². The van der Waals surface area contributed by atoms with Gasteiger partial charge in [0.15, 0.2) is 5.65 Å². The van der Waals surface area contributed by atoms with Crippen molar-refractivity contribution in [1.82, 2.24) is 19.5 Å². The van der Waals surface area contributed by atoms with Crippen LogP contribution in [-0.2, 0) is 19.4 Å². The second kappa shape index (κ2) is 10.7. The van der Waals surface area contributed by atoms with Crippen molar-refractivity contribution in [1.29, 1.82) is 0 Å². The highest BCUT2D eigenvalue weighted by Crippen LogP contribution is 2.30. The Labute approximate surface area is 192 Å². The fourth-order valence-corrected chi connectivity index (χ4v) is 4.07. The number of aromatic nitrogens is 4. The van der Waals surface area contributed by atoms with Crippen LogP contribution in [0.15, 0.2) is 54.7 Å². The van der Waals surface area contributed by atoms with Gasteiger partial charge >= 0.3 is 0 Å². The Kier molecular flexibility index (Phi) is 7.45. The molecule has 0 amide bonds. The Morgan fingerprint density at radius 2 is 1.69 bits per heavy atom. The van der Waals surface area contributed by atoms with Crippen LogP contribution in [0.4, 0.5) is 4.39 Å². The number of rotatable bonds is 10. The van der Waals surface area contributed by atoms with Gasteiger partial charge in [-0.2, -0.15) is 0 Å². The lowest BCUT2D eigenvalue weighted by Gasteiger charge is -2.10. The predicted molar refractivity (Wildman–Crippen MR) is 127 cm³/mol. The van der Waals surface area contributed by atoms with Crippen LogP contribution >= 0.6 is 11.6 Å². The molecule has 0 unspecified atom stereocenters. The average molecular weight is 452 g/mol. The van der Waals surface area contributed by atoms with E-state index in [0.717, 1.165) is 61.3 Å². The van der Waals surface area contributed by atoms with Crippen molar-refractivity contribution in [3.63, 3.8) is 0 Å². The minimum absolute atomic E-state index is 0.197. The van der Waals surface area contributed by atoms with Crippen LogP contribution in [0.1, 0.15) is 37.1 Å². The predicted octanol–water partition coefficient (Wildman–Crippen LogP) is 5.59. The highest BCUT2D eigenvalue weighted by molar-refractivity contribution is 6.33. The van der Waals surface area contributed by atoms with Crippen molar-refractivity contribution in [3.8, 4) is 11.4 Å². The lowest BCUT2D eigenvalue weighted by molar-refractivity contribution is 0.583. The first-order valence-corrected chi connectivity index (χ1v) is 11.5. The highest BCUT2D eigenvalue weighted by atomic mass is 35.5. The third kappa shape index (κ3) is 5.14. The number of hydrogen-bond donors (Lipinski definition) is 1. The second-order valence-electron chi connectivity index (χ2n) is 7.86. The van der Waals surface area contributed by atoms with Gasteiger partial charge in [-0.3, -0.25) is 0 Å². The molecule has 0 saturated carbocycles. The maximum Gasteiger partial charge on any atom is 0.164 e. The summed E-state index contributed by atoms with van der Waals surface area (Å²) in [7, 11) is 0. The summed E-state index contributed by atoms with van der Waals surface area (Å²) in [5.74, 6) is 1.28. The molecule has 7 heteroatoms. The fourth-order valence-electron chi connectivity index (χ4n) is 3.85. The van der Waals surface area contributed by atoms with E-state index in [1.165, 1.54) is 6.07 Å². The number of fused-ring (bicyclic) bond motifs is 1. The van der Waals surface area contributed by atoms with Crippen molar-refractivity contribution in [2.45, 2.75) is 45.1 Å². The Hall–Kier alpha value is -2.83. The molecule has 0 aliphatic rings. The van der Waals surface area contributed by atoms with Crippen molar-refractivity contribution in [2.75, 3.05) is 6.54 Å². The van der Waals surface area contributed by atoms with E-state index in [-0.39, 0.29) is 5.82 Å². The minimum atomic E-state index is -0.197. The molecule has 0 bridgehead atoms. The van der Waals surface area contributed by atoms with E-state index in [1.54, 1.807) is 18.3 Å². The maximum atomic E-state index is 14.0. The molecule has 5 nitrogen and oxygen atoms in total. The number of benzene rings is 2.